The lowest BCUT2D eigenvalue weighted by molar-refractivity contribution is 0.463. The van der Waals surface area contributed by atoms with E-state index in [9.17, 15) is 0 Å². The van der Waals surface area contributed by atoms with Crippen LogP contribution in [0, 0.1) is 13.8 Å². The molecule has 0 aliphatic heterocycles. The highest BCUT2D eigenvalue weighted by Crippen LogP contribution is 2.07. The van der Waals surface area contributed by atoms with Crippen LogP contribution in [0.15, 0.2) is 33.8 Å². The third-order valence-corrected chi connectivity index (χ3v) is 3.73. The molecule has 8 nitrogen and oxygen atoms in total. The Labute approximate surface area is 140 Å². The molecule has 126 valence electrons. The smallest absolute Gasteiger partial charge is 0.214 e. The molecule has 3 aromatic rings. The van der Waals surface area contributed by atoms with Crippen LogP contribution in [-0.4, -0.2) is 39.1 Å². The Morgan fingerprint density at radius 1 is 1.25 bits per heavy atom. The first kappa shape index (κ1) is 16.0. The van der Waals surface area contributed by atoms with Crippen LogP contribution in [0.5, 0.6) is 0 Å². The molecule has 24 heavy (non-hydrogen) atoms. The molecule has 0 unspecified atom stereocenters. The third kappa shape index (κ3) is 3.53. The Morgan fingerprint density at radius 2 is 2.12 bits per heavy atom. The normalized spacial score (nSPS) is 11.9. The maximum Gasteiger partial charge on any atom is 0.214 e. The second kappa shape index (κ2) is 7.12. The van der Waals surface area contributed by atoms with Crippen molar-refractivity contribution in [1.82, 2.24) is 30.2 Å². The van der Waals surface area contributed by atoms with E-state index in [1.54, 1.807) is 7.05 Å². The van der Waals surface area contributed by atoms with Crippen LogP contribution < -0.4 is 10.6 Å². The van der Waals surface area contributed by atoms with E-state index in [0.717, 1.165) is 29.3 Å². The summed E-state index contributed by atoms with van der Waals surface area (Å²) in [4.78, 5) is 8.53. The molecule has 0 saturated heterocycles. The summed E-state index contributed by atoms with van der Waals surface area (Å²) in [6, 6.07) is 5.85. The molecule has 0 spiro atoms. The molecule has 0 atom stereocenters. The molecule has 0 bridgehead atoms. The van der Waals surface area contributed by atoms with Gasteiger partial charge >= 0.3 is 0 Å². The second-order valence-corrected chi connectivity index (χ2v) is 5.40. The molecule has 3 rings (SSSR count). The van der Waals surface area contributed by atoms with Crippen molar-refractivity contribution in [2.45, 2.75) is 26.8 Å². The van der Waals surface area contributed by atoms with E-state index >= 15 is 0 Å². The molecule has 8 heteroatoms. The van der Waals surface area contributed by atoms with Crippen molar-refractivity contribution in [3.8, 4) is 0 Å². The Morgan fingerprint density at radius 3 is 2.88 bits per heavy atom. The predicted molar refractivity (Wildman–Crippen MR) is 90.9 cm³/mol. The molecule has 3 heterocycles. The lowest BCUT2D eigenvalue weighted by Gasteiger charge is -2.10. The van der Waals surface area contributed by atoms with E-state index in [1.165, 1.54) is 0 Å². The number of hydrogen-bond acceptors (Lipinski definition) is 5. The van der Waals surface area contributed by atoms with E-state index in [-0.39, 0.29) is 0 Å². The molecule has 0 saturated carbocycles. The Hall–Kier alpha value is -2.90. The van der Waals surface area contributed by atoms with Gasteiger partial charge in [0.15, 0.2) is 11.6 Å². The topological polar surface area (TPSA) is 92.6 Å². The third-order valence-electron chi connectivity index (χ3n) is 3.73. The summed E-state index contributed by atoms with van der Waals surface area (Å²) in [5, 5.41) is 14.8. The van der Waals surface area contributed by atoms with Gasteiger partial charge in [0.25, 0.3) is 0 Å². The van der Waals surface area contributed by atoms with Crippen molar-refractivity contribution in [1.29, 1.82) is 0 Å². The Balaban J connectivity index is 1.51. The molecule has 0 aliphatic rings. The first-order valence-corrected chi connectivity index (χ1v) is 7.83. The van der Waals surface area contributed by atoms with Gasteiger partial charge in [0.05, 0.1) is 12.2 Å². The maximum atomic E-state index is 5.54. The number of rotatable bonds is 5. The predicted octanol–water partition coefficient (Wildman–Crippen LogP) is 1.24. The lowest BCUT2D eigenvalue weighted by Crippen LogP contribution is -2.38. The van der Waals surface area contributed by atoms with Gasteiger partial charge in [0.1, 0.15) is 11.6 Å². The molecule has 0 amide bonds. The van der Waals surface area contributed by atoms with Crippen molar-refractivity contribution < 1.29 is 4.42 Å². The largest absolute Gasteiger partial charge is 0.444 e. The lowest BCUT2D eigenvalue weighted by atomic mass is 10.4. The number of guanidine groups is 1. The maximum absolute atomic E-state index is 5.54. The van der Waals surface area contributed by atoms with Gasteiger partial charge < -0.3 is 15.1 Å². The van der Waals surface area contributed by atoms with E-state index in [1.807, 2.05) is 42.6 Å². The number of pyridine rings is 1. The number of nitrogens with one attached hydrogen (secondary N) is 2. The van der Waals surface area contributed by atoms with Gasteiger partial charge in [0.2, 0.25) is 5.89 Å². The highest BCUT2D eigenvalue weighted by atomic mass is 16.4. The van der Waals surface area contributed by atoms with Crippen LogP contribution in [0.3, 0.4) is 0 Å². The first-order valence-electron chi connectivity index (χ1n) is 7.83. The van der Waals surface area contributed by atoms with Gasteiger partial charge in [-0.05, 0) is 26.0 Å². The average molecular weight is 327 g/mol. The number of oxazole rings is 1. The molecular formula is C16H21N7O. The van der Waals surface area contributed by atoms with Crippen LogP contribution in [0.25, 0.3) is 5.65 Å². The SMILES string of the molecule is CN=C(NCCc1nnc2ccccn12)NCc1nc(C)c(C)o1. The zero-order valence-electron chi connectivity index (χ0n) is 14.1. The van der Waals surface area contributed by atoms with Crippen LogP contribution in [-0.2, 0) is 13.0 Å². The summed E-state index contributed by atoms with van der Waals surface area (Å²) in [7, 11) is 1.73. The van der Waals surface area contributed by atoms with Crippen LogP contribution in [0.4, 0.5) is 0 Å². The highest BCUT2D eigenvalue weighted by Gasteiger charge is 2.07. The van der Waals surface area contributed by atoms with E-state index in [2.05, 4.69) is 30.8 Å². The molecule has 0 fully saturated rings. The van der Waals surface area contributed by atoms with Crippen LogP contribution >= 0.6 is 0 Å². The van der Waals surface area contributed by atoms with Crippen LogP contribution in [0.1, 0.15) is 23.2 Å². The average Bonchev–Trinajstić information content (AvgIpc) is 3.14. The number of nitrogens with zero attached hydrogens (tertiary/aromatic N) is 5. The number of hydrogen-bond donors (Lipinski definition) is 2. The van der Waals surface area contributed by atoms with Gasteiger partial charge in [-0.3, -0.25) is 9.39 Å². The second-order valence-electron chi connectivity index (χ2n) is 5.40. The fraction of sp³-hybridized carbons (Fsp3) is 0.375. The summed E-state index contributed by atoms with van der Waals surface area (Å²) < 4.78 is 7.53. The summed E-state index contributed by atoms with van der Waals surface area (Å²) in [6.45, 7) is 5.02. The molecule has 3 aromatic heterocycles. The standard InChI is InChI=1S/C16H21N7O/c1-11-12(2)24-15(20-11)10-19-16(17-3)18-8-7-14-22-21-13-6-4-5-9-23(13)14/h4-6,9H,7-8,10H2,1-3H3,(H2,17,18,19). The molecule has 0 aliphatic carbocycles. The molecule has 0 aromatic carbocycles. The summed E-state index contributed by atoms with van der Waals surface area (Å²) >= 11 is 0. The van der Waals surface area contributed by atoms with Gasteiger partial charge in [-0.25, -0.2) is 4.98 Å². The quantitative estimate of drug-likeness (QED) is 0.541. The summed E-state index contributed by atoms with van der Waals surface area (Å²) in [5.74, 6) is 3.09. The van der Waals surface area contributed by atoms with Gasteiger partial charge in [0, 0.05) is 26.2 Å². The highest BCUT2D eigenvalue weighted by molar-refractivity contribution is 5.79. The monoisotopic (exact) mass is 327 g/mol. The number of fused-ring (bicyclic) bond motifs is 1. The van der Waals surface area contributed by atoms with Crippen molar-refractivity contribution in [2.75, 3.05) is 13.6 Å². The summed E-state index contributed by atoms with van der Waals surface area (Å²) in [6.07, 6.45) is 2.70. The van der Waals surface area contributed by atoms with Gasteiger partial charge in [-0.2, -0.15) is 0 Å². The Bertz CT molecular complexity index is 830. The molecular weight excluding hydrogens is 306 g/mol. The van der Waals surface area contributed by atoms with Crippen molar-refractivity contribution in [3.63, 3.8) is 0 Å². The van der Waals surface area contributed by atoms with Gasteiger partial charge in [-0.15, -0.1) is 10.2 Å². The van der Waals surface area contributed by atoms with Gasteiger partial charge in [-0.1, -0.05) is 6.07 Å². The zero-order valence-corrected chi connectivity index (χ0v) is 14.1. The number of aromatic nitrogens is 4. The Kier molecular flexibility index (Phi) is 4.74. The minimum absolute atomic E-state index is 0.488. The zero-order chi connectivity index (χ0) is 16.9. The van der Waals surface area contributed by atoms with Crippen LogP contribution in [0.2, 0.25) is 0 Å². The van der Waals surface area contributed by atoms with E-state index < -0.39 is 0 Å². The number of aliphatic imine (C=N–C) groups is 1. The summed E-state index contributed by atoms with van der Waals surface area (Å²) in [5.41, 5.74) is 1.76. The fourth-order valence-electron chi connectivity index (χ4n) is 2.35. The molecule has 2 N–H and O–H groups in total. The van der Waals surface area contributed by atoms with E-state index in [4.69, 9.17) is 4.42 Å². The minimum atomic E-state index is 0.488. The molecule has 0 radical (unpaired) electrons. The van der Waals surface area contributed by atoms with Crippen molar-refractivity contribution in [2.24, 2.45) is 4.99 Å². The minimum Gasteiger partial charge on any atom is -0.444 e. The van der Waals surface area contributed by atoms with Crippen molar-refractivity contribution >= 4 is 11.6 Å². The van der Waals surface area contributed by atoms with E-state index in [0.29, 0.717) is 24.9 Å². The number of aryl methyl sites for hydroxylation is 2. The van der Waals surface area contributed by atoms with Crippen molar-refractivity contribution in [3.05, 3.63) is 47.6 Å². The first-order chi connectivity index (χ1) is 11.7. The fourth-order valence-corrected chi connectivity index (χ4v) is 2.35.